The number of benzene rings is 1. The predicted octanol–water partition coefficient (Wildman–Crippen LogP) is 3.53. The smallest absolute Gasteiger partial charge is 0.310 e. The van der Waals surface area contributed by atoms with E-state index in [1.807, 2.05) is 18.2 Å². The van der Waals surface area contributed by atoms with Crippen molar-refractivity contribution < 1.29 is 9.90 Å². The number of hydrogen-bond donors (Lipinski definition) is 1. The summed E-state index contributed by atoms with van der Waals surface area (Å²) in [6.45, 7) is 1.77. The maximum atomic E-state index is 11.1. The molecule has 16 heavy (non-hydrogen) atoms. The molecule has 86 valence electrons. The van der Waals surface area contributed by atoms with Gasteiger partial charge in [0.1, 0.15) is 0 Å². The first kappa shape index (κ1) is 11.2. The molecule has 0 aromatic heterocycles. The van der Waals surface area contributed by atoms with Crippen LogP contribution < -0.4 is 0 Å². The topological polar surface area (TPSA) is 37.3 Å². The van der Waals surface area contributed by atoms with E-state index in [2.05, 4.69) is 6.07 Å². The maximum absolute atomic E-state index is 11.1. The fourth-order valence-electron chi connectivity index (χ4n) is 2.65. The van der Waals surface area contributed by atoms with E-state index in [0.717, 1.165) is 5.56 Å². The first-order valence-electron chi connectivity index (χ1n) is 6.01. The van der Waals surface area contributed by atoms with E-state index in [1.54, 1.807) is 6.92 Å². The molecule has 0 unspecified atom stereocenters. The second-order valence-corrected chi connectivity index (χ2v) is 4.67. The highest BCUT2D eigenvalue weighted by molar-refractivity contribution is 5.76. The molecule has 2 nitrogen and oxygen atoms in total. The van der Waals surface area contributed by atoms with Gasteiger partial charge in [-0.2, -0.15) is 0 Å². The van der Waals surface area contributed by atoms with Crippen LogP contribution in [0.1, 0.15) is 55.6 Å². The van der Waals surface area contributed by atoms with Crippen LogP contribution in [0.15, 0.2) is 24.3 Å². The molecule has 2 rings (SSSR count). The van der Waals surface area contributed by atoms with E-state index >= 15 is 0 Å². The van der Waals surface area contributed by atoms with Crippen LogP contribution in [0.25, 0.3) is 0 Å². The Morgan fingerprint density at radius 1 is 1.31 bits per heavy atom. The van der Waals surface area contributed by atoms with Crippen LogP contribution in [0.5, 0.6) is 0 Å². The SMILES string of the molecule is C[C@H](C(=O)O)c1ccccc1C1CCCC1. The fourth-order valence-corrected chi connectivity index (χ4v) is 2.65. The minimum Gasteiger partial charge on any atom is -0.481 e. The van der Waals surface area contributed by atoms with Gasteiger partial charge in [0.15, 0.2) is 0 Å². The predicted molar refractivity (Wildman–Crippen MR) is 63.7 cm³/mol. The third kappa shape index (κ3) is 2.11. The quantitative estimate of drug-likeness (QED) is 0.842. The minimum absolute atomic E-state index is 0.392. The lowest BCUT2D eigenvalue weighted by Crippen LogP contribution is -2.11. The third-order valence-corrected chi connectivity index (χ3v) is 3.63. The number of hydrogen-bond acceptors (Lipinski definition) is 1. The van der Waals surface area contributed by atoms with Crippen molar-refractivity contribution >= 4 is 5.97 Å². The molecular weight excluding hydrogens is 200 g/mol. The lowest BCUT2D eigenvalue weighted by Gasteiger charge is -2.17. The van der Waals surface area contributed by atoms with Gasteiger partial charge in [0.2, 0.25) is 0 Å². The number of aliphatic carboxylic acids is 1. The zero-order valence-electron chi connectivity index (χ0n) is 9.65. The van der Waals surface area contributed by atoms with Gasteiger partial charge in [0.25, 0.3) is 0 Å². The zero-order valence-corrected chi connectivity index (χ0v) is 9.65. The van der Waals surface area contributed by atoms with Crippen LogP contribution in [-0.2, 0) is 4.79 Å². The zero-order chi connectivity index (χ0) is 11.5. The molecule has 1 aromatic carbocycles. The monoisotopic (exact) mass is 218 g/mol. The van der Waals surface area contributed by atoms with Crippen LogP contribution in [0.3, 0.4) is 0 Å². The van der Waals surface area contributed by atoms with Crippen LogP contribution in [0.2, 0.25) is 0 Å². The van der Waals surface area contributed by atoms with Crippen molar-refractivity contribution in [2.75, 3.05) is 0 Å². The van der Waals surface area contributed by atoms with Crippen LogP contribution >= 0.6 is 0 Å². The summed E-state index contributed by atoms with van der Waals surface area (Å²) >= 11 is 0. The maximum Gasteiger partial charge on any atom is 0.310 e. The molecule has 0 bridgehead atoms. The van der Waals surface area contributed by atoms with Crippen molar-refractivity contribution in [1.82, 2.24) is 0 Å². The van der Waals surface area contributed by atoms with Gasteiger partial charge >= 0.3 is 5.97 Å². The first-order chi connectivity index (χ1) is 7.70. The number of carboxylic acid groups (broad SMARTS) is 1. The normalized spacial score (nSPS) is 18.6. The number of rotatable bonds is 3. The van der Waals surface area contributed by atoms with Crippen molar-refractivity contribution in [1.29, 1.82) is 0 Å². The van der Waals surface area contributed by atoms with Gasteiger partial charge in [-0.25, -0.2) is 0 Å². The van der Waals surface area contributed by atoms with Crippen LogP contribution in [0.4, 0.5) is 0 Å². The van der Waals surface area contributed by atoms with Crippen LogP contribution in [0, 0.1) is 0 Å². The molecule has 1 saturated carbocycles. The van der Waals surface area contributed by atoms with Crippen molar-refractivity contribution in [3.05, 3.63) is 35.4 Å². The number of carboxylic acids is 1. The summed E-state index contributed by atoms with van der Waals surface area (Å²) in [5.41, 5.74) is 2.26. The second kappa shape index (κ2) is 4.69. The highest BCUT2D eigenvalue weighted by Crippen LogP contribution is 2.37. The third-order valence-electron chi connectivity index (χ3n) is 3.63. The van der Waals surface area contributed by atoms with Gasteiger partial charge in [-0.05, 0) is 36.8 Å². The highest BCUT2D eigenvalue weighted by atomic mass is 16.4. The molecule has 0 saturated heterocycles. The molecule has 0 heterocycles. The van der Waals surface area contributed by atoms with Crippen molar-refractivity contribution in [3.63, 3.8) is 0 Å². The Balaban J connectivity index is 2.33. The number of carbonyl (C=O) groups is 1. The van der Waals surface area contributed by atoms with E-state index in [9.17, 15) is 4.79 Å². The largest absolute Gasteiger partial charge is 0.481 e. The molecule has 1 atom stereocenters. The minimum atomic E-state index is -0.731. The van der Waals surface area contributed by atoms with Gasteiger partial charge in [0.05, 0.1) is 5.92 Å². The molecule has 0 spiro atoms. The van der Waals surface area contributed by atoms with E-state index < -0.39 is 11.9 Å². The van der Waals surface area contributed by atoms with Crippen molar-refractivity contribution in [3.8, 4) is 0 Å². The van der Waals surface area contributed by atoms with E-state index in [1.165, 1.54) is 31.2 Å². The van der Waals surface area contributed by atoms with E-state index in [4.69, 9.17) is 5.11 Å². The molecule has 1 aromatic rings. The molecule has 1 aliphatic rings. The Morgan fingerprint density at radius 2 is 1.94 bits per heavy atom. The molecule has 1 fully saturated rings. The summed E-state index contributed by atoms with van der Waals surface area (Å²) in [5, 5.41) is 9.10. The average Bonchev–Trinajstić information content (AvgIpc) is 2.81. The lowest BCUT2D eigenvalue weighted by molar-refractivity contribution is -0.138. The Morgan fingerprint density at radius 3 is 2.56 bits per heavy atom. The summed E-state index contributed by atoms with van der Waals surface area (Å²) in [6, 6.07) is 8.02. The Labute approximate surface area is 96.3 Å². The van der Waals surface area contributed by atoms with E-state index in [0.29, 0.717) is 5.92 Å². The summed E-state index contributed by atoms with van der Waals surface area (Å²) in [4.78, 5) is 11.1. The standard InChI is InChI=1S/C14H18O2/c1-10(14(15)16)12-8-4-5-9-13(12)11-6-2-3-7-11/h4-5,8-11H,2-3,6-7H2,1H3,(H,15,16)/t10-/m0/s1. The molecule has 1 N–H and O–H groups in total. The summed E-state index contributed by atoms with van der Waals surface area (Å²) in [7, 11) is 0. The van der Waals surface area contributed by atoms with Crippen molar-refractivity contribution in [2.45, 2.75) is 44.4 Å². The molecule has 0 aliphatic heterocycles. The summed E-state index contributed by atoms with van der Waals surface area (Å²) in [5.74, 6) is -0.541. The van der Waals surface area contributed by atoms with Crippen molar-refractivity contribution in [2.24, 2.45) is 0 Å². The van der Waals surface area contributed by atoms with Gasteiger partial charge in [-0.15, -0.1) is 0 Å². The van der Waals surface area contributed by atoms with Crippen LogP contribution in [-0.4, -0.2) is 11.1 Å². The van der Waals surface area contributed by atoms with Gasteiger partial charge < -0.3 is 5.11 Å². The Hall–Kier alpha value is -1.31. The Bertz CT molecular complexity index is 378. The summed E-state index contributed by atoms with van der Waals surface area (Å²) < 4.78 is 0. The average molecular weight is 218 g/mol. The molecule has 0 radical (unpaired) electrons. The molecule has 2 heteroatoms. The Kier molecular flexibility index (Phi) is 3.28. The molecule has 0 amide bonds. The van der Waals surface area contributed by atoms with E-state index in [-0.39, 0.29) is 0 Å². The molecular formula is C14H18O2. The fraction of sp³-hybridized carbons (Fsp3) is 0.500. The summed E-state index contributed by atoms with van der Waals surface area (Å²) in [6.07, 6.45) is 4.98. The lowest BCUT2D eigenvalue weighted by atomic mass is 9.87. The van der Waals surface area contributed by atoms with Gasteiger partial charge in [-0.3, -0.25) is 4.79 Å². The second-order valence-electron chi connectivity index (χ2n) is 4.67. The first-order valence-corrected chi connectivity index (χ1v) is 6.01. The van der Waals surface area contributed by atoms with Gasteiger partial charge in [-0.1, -0.05) is 37.1 Å². The molecule has 1 aliphatic carbocycles. The van der Waals surface area contributed by atoms with Gasteiger partial charge in [0, 0.05) is 0 Å². The highest BCUT2D eigenvalue weighted by Gasteiger charge is 2.23.